The topological polar surface area (TPSA) is 52.6 Å². The van der Waals surface area contributed by atoms with Crippen LogP contribution in [0, 0.1) is 0 Å². The maximum Gasteiger partial charge on any atom is 0.311 e. The van der Waals surface area contributed by atoms with Gasteiger partial charge in [0.1, 0.15) is 5.76 Å². The average molecular weight is 437 g/mol. The SMILES string of the molecule is CCCCCCCCCCCCCCCCCCCC(=O)OC1=C(C)OC(CC)C1=O. The van der Waals surface area contributed by atoms with Crippen molar-refractivity contribution in [3.63, 3.8) is 0 Å². The van der Waals surface area contributed by atoms with E-state index in [9.17, 15) is 9.59 Å². The zero-order valence-corrected chi connectivity index (χ0v) is 20.6. The summed E-state index contributed by atoms with van der Waals surface area (Å²) < 4.78 is 10.7. The number of ether oxygens (including phenoxy) is 2. The van der Waals surface area contributed by atoms with E-state index in [-0.39, 0.29) is 17.5 Å². The summed E-state index contributed by atoms with van der Waals surface area (Å²) in [6.07, 6.45) is 22.9. The molecule has 1 atom stereocenters. The first-order valence-corrected chi connectivity index (χ1v) is 13.2. The molecule has 180 valence electrons. The van der Waals surface area contributed by atoms with Crippen LogP contribution in [0.2, 0.25) is 0 Å². The lowest BCUT2D eigenvalue weighted by Gasteiger charge is -2.05. The number of rotatable bonds is 20. The monoisotopic (exact) mass is 436 g/mol. The summed E-state index contributed by atoms with van der Waals surface area (Å²) in [5, 5.41) is 0. The van der Waals surface area contributed by atoms with Gasteiger partial charge in [0.25, 0.3) is 0 Å². The number of unbranched alkanes of at least 4 members (excludes halogenated alkanes) is 16. The lowest BCUT2D eigenvalue weighted by atomic mass is 10.0. The number of hydrogen-bond acceptors (Lipinski definition) is 4. The largest absolute Gasteiger partial charge is 0.483 e. The Morgan fingerprint density at radius 3 is 1.55 bits per heavy atom. The predicted molar refractivity (Wildman–Crippen MR) is 128 cm³/mol. The maximum absolute atomic E-state index is 12.1. The van der Waals surface area contributed by atoms with Crippen molar-refractivity contribution < 1.29 is 19.1 Å². The lowest BCUT2D eigenvalue weighted by Crippen LogP contribution is -2.19. The van der Waals surface area contributed by atoms with E-state index in [0.29, 0.717) is 18.6 Å². The molecular weight excluding hydrogens is 388 g/mol. The Morgan fingerprint density at radius 1 is 0.742 bits per heavy atom. The van der Waals surface area contributed by atoms with E-state index in [2.05, 4.69) is 6.92 Å². The number of carbonyl (C=O) groups is 2. The van der Waals surface area contributed by atoms with E-state index in [4.69, 9.17) is 9.47 Å². The Balaban J connectivity index is 1.85. The van der Waals surface area contributed by atoms with E-state index in [0.717, 1.165) is 12.8 Å². The second-order valence-corrected chi connectivity index (χ2v) is 9.15. The van der Waals surface area contributed by atoms with Gasteiger partial charge in [-0.05, 0) is 19.8 Å². The van der Waals surface area contributed by atoms with Crippen molar-refractivity contribution in [3.8, 4) is 0 Å². The molecule has 0 saturated heterocycles. The molecule has 0 amide bonds. The van der Waals surface area contributed by atoms with Crippen molar-refractivity contribution >= 4 is 11.8 Å². The van der Waals surface area contributed by atoms with E-state index >= 15 is 0 Å². The molecule has 0 aromatic carbocycles. The van der Waals surface area contributed by atoms with Crippen molar-refractivity contribution in [1.82, 2.24) is 0 Å². The molecule has 4 heteroatoms. The lowest BCUT2D eigenvalue weighted by molar-refractivity contribution is -0.142. The van der Waals surface area contributed by atoms with Crippen LogP contribution in [0.5, 0.6) is 0 Å². The first-order valence-electron chi connectivity index (χ1n) is 13.2. The number of Topliss-reactive ketones (excluding diaryl/α,β-unsaturated/α-hetero) is 1. The fraction of sp³-hybridized carbons (Fsp3) is 0.852. The molecule has 31 heavy (non-hydrogen) atoms. The molecule has 0 fully saturated rings. The van der Waals surface area contributed by atoms with Gasteiger partial charge in [-0.25, -0.2) is 0 Å². The van der Waals surface area contributed by atoms with Gasteiger partial charge in [0.05, 0.1) is 0 Å². The van der Waals surface area contributed by atoms with Gasteiger partial charge in [-0.1, -0.05) is 117 Å². The van der Waals surface area contributed by atoms with E-state index in [1.54, 1.807) is 6.92 Å². The molecule has 0 aromatic rings. The van der Waals surface area contributed by atoms with Crippen LogP contribution in [0.4, 0.5) is 0 Å². The molecule has 4 nitrogen and oxygen atoms in total. The van der Waals surface area contributed by atoms with Crippen LogP contribution in [-0.4, -0.2) is 17.9 Å². The smallest absolute Gasteiger partial charge is 0.311 e. The molecule has 0 aliphatic carbocycles. The molecular formula is C27H48O4. The van der Waals surface area contributed by atoms with Crippen molar-refractivity contribution in [2.24, 2.45) is 0 Å². The number of allylic oxidation sites excluding steroid dienone is 1. The molecule has 1 aliphatic heterocycles. The summed E-state index contributed by atoms with van der Waals surface area (Å²) >= 11 is 0. The van der Waals surface area contributed by atoms with Gasteiger partial charge in [-0.15, -0.1) is 0 Å². The van der Waals surface area contributed by atoms with Crippen LogP contribution in [0.15, 0.2) is 11.5 Å². The van der Waals surface area contributed by atoms with Gasteiger partial charge >= 0.3 is 5.97 Å². The molecule has 0 N–H and O–H groups in total. The molecule has 0 spiro atoms. The highest BCUT2D eigenvalue weighted by molar-refractivity contribution is 6.01. The second kappa shape index (κ2) is 18.3. The molecule has 0 aromatic heterocycles. The van der Waals surface area contributed by atoms with Crippen LogP contribution in [-0.2, 0) is 19.1 Å². The molecule has 0 bridgehead atoms. The minimum absolute atomic E-state index is 0.115. The van der Waals surface area contributed by atoms with Crippen LogP contribution >= 0.6 is 0 Å². The number of esters is 1. The highest BCUT2D eigenvalue weighted by atomic mass is 16.6. The van der Waals surface area contributed by atoms with Crippen molar-refractivity contribution in [2.75, 3.05) is 0 Å². The Bertz CT molecular complexity index is 523. The van der Waals surface area contributed by atoms with E-state index in [1.165, 1.54) is 96.3 Å². The molecule has 1 unspecified atom stereocenters. The molecule has 0 radical (unpaired) electrons. The second-order valence-electron chi connectivity index (χ2n) is 9.15. The third-order valence-electron chi connectivity index (χ3n) is 6.23. The summed E-state index contributed by atoms with van der Waals surface area (Å²) in [7, 11) is 0. The highest BCUT2D eigenvalue weighted by Crippen LogP contribution is 2.25. The standard InChI is InChI=1S/C27H48O4/c1-4-6-7-8-9-10-11-12-13-14-15-16-17-18-19-20-21-22-25(28)31-27-23(3)30-24(5-2)26(27)29/h24H,4-22H2,1-3H3. The fourth-order valence-corrected chi connectivity index (χ4v) is 4.19. The molecule has 1 rings (SSSR count). The van der Waals surface area contributed by atoms with Gasteiger partial charge in [0.2, 0.25) is 11.5 Å². The Kier molecular flexibility index (Phi) is 16.3. The number of ketones is 1. The fourth-order valence-electron chi connectivity index (χ4n) is 4.19. The zero-order valence-electron chi connectivity index (χ0n) is 20.6. The molecule has 1 heterocycles. The first-order chi connectivity index (χ1) is 15.1. The summed E-state index contributed by atoms with van der Waals surface area (Å²) in [4.78, 5) is 24.0. The summed E-state index contributed by atoms with van der Waals surface area (Å²) in [6, 6.07) is 0. The minimum Gasteiger partial charge on any atom is -0.483 e. The van der Waals surface area contributed by atoms with Crippen molar-refractivity contribution in [3.05, 3.63) is 11.5 Å². The summed E-state index contributed by atoms with van der Waals surface area (Å²) in [5.74, 6) is 0.0382. The van der Waals surface area contributed by atoms with Gasteiger partial charge in [-0.2, -0.15) is 0 Å². The van der Waals surface area contributed by atoms with Gasteiger partial charge in [0.15, 0.2) is 6.10 Å². The van der Waals surface area contributed by atoms with Gasteiger partial charge in [0, 0.05) is 6.42 Å². The minimum atomic E-state index is -0.483. The quantitative estimate of drug-likeness (QED) is 0.143. The average Bonchev–Trinajstić information content (AvgIpc) is 3.03. The van der Waals surface area contributed by atoms with Crippen LogP contribution < -0.4 is 0 Å². The van der Waals surface area contributed by atoms with Gasteiger partial charge < -0.3 is 9.47 Å². The molecule has 0 saturated carbocycles. The summed E-state index contributed by atoms with van der Waals surface area (Å²) in [5.41, 5.74) is 0. The Labute approximate surface area is 191 Å². The maximum atomic E-state index is 12.1. The van der Waals surface area contributed by atoms with E-state index in [1.807, 2.05) is 6.92 Å². The highest BCUT2D eigenvalue weighted by Gasteiger charge is 2.34. The summed E-state index contributed by atoms with van der Waals surface area (Å²) in [6.45, 7) is 5.85. The number of carbonyl (C=O) groups excluding carboxylic acids is 2. The van der Waals surface area contributed by atoms with Gasteiger partial charge in [-0.3, -0.25) is 9.59 Å². The van der Waals surface area contributed by atoms with Crippen LogP contribution in [0.25, 0.3) is 0 Å². The van der Waals surface area contributed by atoms with Crippen molar-refractivity contribution in [2.45, 2.75) is 149 Å². The van der Waals surface area contributed by atoms with E-state index < -0.39 is 6.10 Å². The van der Waals surface area contributed by atoms with Crippen LogP contribution in [0.3, 0.4) is 0 Å². The van der Waals surface area contributed by atoms with Crippen molar-refractivity contribution in [1.29, 1.82) is 0 Å². The first kappa shape index (κ1) is 27.7. The third kappa shape index (κ3) is 13.0. The predicted octanol–water partition coefficient (Wildman–Crippen LogP) is 8.18. The Hall–Kier alpha value is -1.32. The number of hydrogen-bond donors (Lipinski definition) is 0. The van der Waals surface area contributed by atoms with Crippen LogP contribution in [0.1, 0.15) is 143 Å². The molecule has 1 aliphatic rings. The Morgan fingerprint density at radius 2 is 1.16 bits per heavy atom. The zero-order chi connectivity index (χ0) is 22.7. The third-order valence-corrected chi connectivity index (χ3v) is 6.23. The normalized spacial score (nSPS) is 16.1.